The summed E-state index contributed by atoms with van der Waals surface area (Å²) in [6, 6.07) is 0.547. The van der Waals surface area contributed by atoms with E-state index in [9.17, 15) is 0 Å². The summed E-state index contributed by atoms with van der Waals surface area (Å²) in [5.41, 5.74) is 0. The van der Waals surface area contributed by atoms with Gasteiger partial charge >= 0.3 is 0 Å². The summed E-state index contributed by atoms with van der Waals surface area (Å²) in [6.45, 7) is 2.21. The smallest absolute Gasteiger partial charge is 0.148 e. The van der Waals surface area contributed by atoms with Gasteiger partial charge in [0, 0.05) is 6.04 Å². The number of alkyl halides is 1. The van der Waals surface area contributed by atoms with Gasteiger partial charge in [0.1, 0.15) is 12.2 Å². The van der Waals surface area contributed by atoms with Crippen molar-refractivity contribution in [2.24, 2.45) is 5.92 Å². The third-order valence-corrected chi connectivity index (χ3v) is 3.17. The molecule has 1 fully saturated rings. The molecule has 3 nitrogen and oxygen atoms in total. The highest BCUT2D eigenvalue weighted by Crippen LogP contribution is 2.38. The number of aromatic nitrogens is 3. The Labute approximate surface area is 89.5 Å². The number of hydrogen-bond donors (Lipinski definition) is 0. The molecule has 0 amide bonds. The van der Waals surface area contributed by atoms with Crippen LogP contribution in [0.5, 0.6) is 0 Å². The van der Waals surface area contributed by atoms with E-state index in [1.807, 2.05) is 6.33 Å². The highest BCUT2D eigenvalue weighted by Gasteiger charge is 2.26. The predicted molar refractivity (Wildman–Crippen MR) is 56.2 cm³/mol. The fraction of sp³-hybridized carbons (Fsp3) is 0.800. The van der Waals surface area contributed by atoms with E-state index in [4.69, 9.17) is 11.6 Å². The van der Waals surface area contributed by atoms with Gasteiger partial charge in [0.15, 0.2) is 0 Å². The maximum atomic E-state index is 5.80. The summed E-state index contributed by atoms with van der Waals surface area (Å²) in [4.78, 5) is 0. The van der Waals surface area contributed by atoms with Crippen LogP contribution in [-0.4, -0.2) is 14.8 Å². The quantitative estimate of drug-likeness (QED) is 0.705. The average molecular weight is 214 g/mol. The number of halogens is 1. The van der Waals surface area contributed by atoms with Crippen LogP contribution in [0.15, 0.2) is 6.33 Å². The molecule has 1 aliphatic carbocycles. The van der Waals surface area contributed by atoms with Crippen molar-refractivity contribution in [1.29, 1.82) is 0 Å². The molecular formula is C10H16ClN3. The fourth-order valence-electron chi connectivity index (χ4n) is 1.88. The molecule has 0 aromatic carbocycles. The fourth-order valence-corrected chi connectivity index (χ4v) is 2.07. The Morgan fingerprint density at radius 2 is 2.43 bits per heavy atom. The molecule has 2 rings (SSSR count). The second-order valence-corrected chi connectivity index (χ2v) is 4.30. The first kappa shape index (κ1) is 9.97. The molecule has 0 N–H and O–H groups in total. The van der Waals surface area contributed by atoms with Gasteiger partial charge in [-0.05, 0) is 18.8 Å². The summed E-state index contributed by atoms with van der Waals surface area (Å²) in [6.07, 6.45) is 7.01. The molecule has 0 spiro atoms. The molecule has 0 radical (unpaired) electrons. The van der Waals surface area contributed by atoms with Crippen LogP contribution in [0.2, 0.25) is 0 Å². The van der Waals surface area contributed by atoms with Gasteiger partial charge in [0.05, 0.1) is 5.88 Å². The lowest BCUT2D eigenvalue weighted by molar-refractivity contribution is 0.419. The van der Waals surface area contributed by atoms with Crippen molar-refractivity contribution in [3.63, 3.8) is 0 Å². The zero-order chi connectivity index (χ0) is 9.97. The van der Waals surface area contributed by atoms with E-state index in [2.05, 4.69) is 21.7 Å². The van der Waals surface area contributed by atoms with Crippen LogP contribution >= 0.6 is 11.6 Å². The maximum absolute atomic E-state index is 5.80. The van der Waals surface area contributed by atoms with Crippen LogP contribution < -0.4 is 0 Å². The zero-order valence-electron chi connectivity index (χ0n) is 8.49. The Kier molecular flexibility index (Phi) is 3.06. The van der Waals surface area contributed by atoms with Crippen LogP contribution in [-0.2, 0) is 5.88 Å². The molecule has 1 aromatic heterocycles. The summed E-state index contributed by atoms with van der Waals surface area (Å²) in [5.74, 6) is 2.30. The summed E-state index contributed by atoms with van der Waals surface area (Å²) < 4.78 is 2.14. The number of rotatable bonds is 5. The van der Waals surface area contributed by atoms with Crippen LogP contribution in [0.4, 0.5) is 0 Å². The molecule has 0 saturated heterocycles. The van der Waals surface area contributed by atoms with Gasteiger partial charge in [-0.1, -0.05) is 19.8 Å². The summed E-state index contributed by atoms with van der Waals surface area (Å²) in [5, 5.41) is 7.93. The Morgan fingerprint density at radius 3 is 3.00 bits per heavy atom. The van der Waals surface area contributed by atoms with Gasteiger partial charge < -0.3 is 4.57 Å². The van der Waals surface area contributed by atoms with Crippen LogP contribution in [0, 0.1) is 5.92 Å². The molecular weight excluding hydrogens is 198 g/mol. The van der Waals surface area contributed by atoms with Gasteiger partial charge in [-0.2, -0.15) is 0 Å². The van der Waals surface area contributed by atoms with Crippen molar-refractivity contribution in [3.05, 3.63) is 12.2 Å². The van der Waals surface area contributed by atoms with E-state index in [-0.39, 0.29) is 0 Å². The third-order valence-electron chi connectivity index (χ3n) is 2.93. The molecule has 0 aliphatic heterocycles. The van der Waals surface area contributed by atoms with E-state index >= 15 is 0 Å². The molecule has 4 heteroatoms. The standard InChI is InChI=1S/C10H16ClN3/c1-2-9(5-8-3-4-8)14-7-12-13-10(14)6-11/h7-9H,2-6H2,1H3. The largest absolute Gasteiger partial charge is 0.313 e. The lowest BCUT2D eigenvalue weighted by atomic mass is 10.1. The van der Waals surface area contributed by atoms with Crippen molar-refractivity contribution < 1.29 is 0 Å². The van der Waals surface area contributed by atoms with Gasteiger partial charge in [0.25, 0.3) is 0 Å². The van der Waals surface area contributed by atoms with Crippen molar-refractivity contribution in [2.45, 2.75) is 44.5 Å². The zero-order valence-corrected chi connectivity index (χ0v) is 9.24. The maximum Gasteiger partial charge on any atom is 0.148 e. The number of hydrogen-bond acceptors (Lipinski definition) is 2. The minimum atomic E-state index is 0.459. The van der Waals surface area contributed by atoms with E-state index < -0.39 is 0 Å². The van der Waals surface area contributed by atoms with Crippen LogP contribution in [0.1, 0.15) is 44.5 Å². The van der Waals surface area contributed by atoms with E-state index in [1.165, 1.54) is 19.3 Å². The topological polar surface area (TPSA) is 30.7 Å². The molecule has 0 bridgehead atoms. The summed E-state index contributed by atoms with van der Waals surface area (Å²) in [7, 11) is 0. The Morgan fingerprint density at radius 1 is 1.64 bits per heavy atom. The first-order valence-corrected chi connectivity index (χ1v) is 5.83. The third kappa shape index (κ3) is 2.08. The second-order valence-electron chi connectivity index (χ2n) is 4.03. The van der Waals surface area contributed by atoms with Gasteiger partial charge in [0.2, 0.25) is 0 Å². The number of nitrogens with zero attached hydrogens (tertiary/aromatic N) is 3. The molecule has 1 aliphatic rings. The van der Waals surface area contributed by atoms with Crippen LogP contribution in [0.25, 0.3) is 0 Å². The molecule has 78 valence electrons. The predicted octanol–water partition coefficient (Wildman–Crippen LogP) is 2.77. The van der Waals surface area contributed by atoms with Gasteiger partial charge in [-0.25, -0.2) is 0 Å². The highest BCUT2D eigenvalue weighted by molar-refractivity contribution is 6.16. The monoisotopic (exact) mass is 213 g/mol. The van der Waals surface area contributed by atoms with E-state index in [0.29, 0.717) is 11.9 Å². The molecule has 1 saturated carbocycles. The van der Waals surface area contributed by atoms with E-state index in [0.717, 1.165) is 18.2 Å². The minimum Gasteiger partial charge on any atom is -0.313 e. The van der Waals surface area contributed by atoms with Gasteiger partial charge in [-0.15, -0.1) is 21.8 Å². The Hall–Kier alpha value is -0.570. The lowest BCUT2D eigenvalue weighted by Crippen LogP contribution is -2.10. The Bertz CT molecular complexity index is 293. The molecule has 1 atom stereocenters. The molecule has 1 unspecified atom stereocenters. The van der Waals surface area contributed by atoms with Gasteiger partial charge in [-0.3, -0.25) is 0 Å². The average Bonchev–Trinajstić information content (AvgIpc) is 2.90. The van der Waals surface area contributed by atoms with E-state index in [1.54, 1.807) is 0 Å². The van der Waals surface area contributed by atoms with Crippen molar-refractivity contribution in [1.82, 2.24) is 14.8 Å². The SMILES string of the molecule is CCC(CC1CC1)n1cnnc1CCl. The van der Waals surface area contributed by atoms with Crippen molar-refractivity contribution >= 4 is 11.6 Å². The molecule has 1 heterocycles. The van der Waals surface area contributed by atoms with Crippen LogP contribution in [0.3, 0.4) is 0 Å². The normalized spacial score (nSPS) is 18.4. The van der Waals surface area contributed by atoms with Crippen molar-refractivity contribution in [2.75, 3.05) is 0 Å². The first-order chi connectivity index (χ1) is 6.85. The molecule has 14 heavy (non-hydrogen) atoms. The first-order valence-electron chi connectivity index (χ1n) is 5.29. The second kappa shape index (κ2) is 4.30. The Balaban J connectivity index is 2.08. The molecule has 1 aromatic rings. The van der Waals surface area contributed by atoms with Crippen molar-refractivity contribution in [3.8, 4) is 0 Å². The summed E-state index contributed by atoms with van der Waals surface area (Å²) >= 11 is 5.80. The lowest BCUT2D eigenvalue weighted by Gasteiger charge is -2.17. The highest BCUT2D eigenvalue weighted by atomic mass is 35.5. The minimum absolute atomic E-state index is 0.459.